The first-order chi connectivity index (χ1) is 9.29. The van der Waals surface area contributed by atoms with Gasteiger partial charge in [0.1, 0.15) is 6.61 Å². The molecule has 5 nitrogen and oxygen atoms in total. The maximum Gasteiger partial charge on any atom is 0.331 e. The van der Waals surface area contributed by atoms with Crippen molar-refractivity contribution in [2.24, 2.45) is 0 Å². The lowest BCUT2D eigenvalue weighted by atomic mass is 10.1. The maximum absolute atomic E-state index is 11.5. The molecule has 1 aromatic carbocycles. The highest BCUT2D eigenvalue weighted by molar-refractivity contribution is 7.88. The van der Waals surface area contributed by atoms with E-state index >= 15 is 0 Å². The van der Waals surface area contributed by atoms with Crippen LogP contribution in [0.25, 0.3) is 5.57 Å². The SMILES string of the molecule is CC(=CC(=O)OCCNS(C)(=O)=O)c1ccccc1Cl. The summed E-state index contributed by atoms with van der Waals surface area (Å²) in [5, 5.41) is 0.549. The van der Waals surface area contributed by atoms with Gasteiger partial charge in [0, 0.05) is 17.6 Å². The Bertz CT molecular complexity index is 611. The highest BCUT2D eigenvalue weighted by Crippen LogP contribution is 2.22. The van der Waals surface area contributed by atoms with E-state index < -0.39 is 16.0 Å². The molecule has 20 heavy (non-hydrogen) atoms. The molecule has 0 radical (unpaired) electrons. The summed E-state index contributed by atoms with van der Waals surface area (Å²) < 4.78 is 28.7. The monoisotopic (exact) mass is 317 g/mol. The first-order valence-electron chi connectivity index (χ1n) is 5.84. The minimum atomic E-state index is -3.27. The van der Waals surface area contributed by atoms with E-state index in [1.165, 1.54) is 6.08 Å². The lowest BCUT2D eigenvalue weighted by molar-refractivity contribution is -0.137. The number of esters is 1. The smallest absolute Gasteiger partial charge is 0.331 e. The van der Waals surface area contributed by atoms with Crippen LogP contribution in [0.3, 0.4) is 0 Å². The average Bonchev–Trinajstić information content (AvgIpc) is 2.34. The van der Waals surface area contributed by atoms with Crippen LogP contribution >= 0.6 is 11.6 Å². The minimum Gasteiger partial charge on any atom is -0.461 e. The van der Waals surface area contributed by atoms with Crippen LogP contribution in [-0.2, 0) is 19.6 Å². The van der Waals surface area contributed by atoms with Crippen molar-refractivity contribution in [2.45, 2.75) is 6.92 Å². The van der Waals surface area contributed by atoms with E-state index in [0.29, 0.717) is 10.6 Å². The number of carbonyl (C=O) groups excluding carboxylic acids is 1. The number of nitrogens with one attached hydrogen (secondary N) is 1. The van der Waals surface area contributed by atoms with Crippen molar-refractivity contribution in [2.75, 3.05) is 19.4 Å². The van der Waals surface area contributed by atoms with Crippen molar-refractivity contribution in [3.8, 4) is 0 Å². The molecule has 0 saturated carbocycles. The summed E-state index contributed by atoms with van der Waals surface area (Å²) in [6, 6.07) is 7.15. The predicted molar refractivity (Wildman–Crippen MR) is 78.9 cm³/mol. The highest BCUT2D eigenvalue weighted by Gasteiger charge is 2.05. The van der Waals surface area contributed by atoms with E-state index in [9.17, 15) is 13.2 Å². The van der Waals surface area contributed by atoms with Gasteiger partial charge >= 0.3 is 5.97 Å². The van der Waals surface area contributed by atoms with E-state index in [0.717, 1.165) is 11.8 Å². The number of carbonyl (C=O) groups is 1. The number of rotatable bonds is 6. The van der Waals surface area contributed by atoms with Gasteiger partial charge in [-0.25, -0.2) is 17.9 Å². The summed E-state index contributed by atoms with van der Waals surface area (Å²) in [6.07, 6.45) is 2.36. The Morgan fingerprint density at radius 1 is 1.40 bits per heavy atom. The van der Waals surface area contributed by atoms with Crippen molar-refractivity contribution in [3.05, 3.63) is 40.9 Å². The van der Waals surface area contributed by atoms with Gasteiger partial charge < -0.3 is 4.74 Å². The van der Waals surface area contributed by atoms with Gasteiger partial charge in [-0.2, -0.15) is 0 Å². The Morgan fingerprint density at radius 2 is 2.05 bits per heavy atom. The van der Waals surface area contributed by atoms with Crippen LogP contribution in [0.1, 0.15) is 12.5 Å². The molecule has 1 N–H and O–H groups in total. The number of hydrogen-bond acceptors (Lipinski definition) is 4. The number of hydrogen-bond donors (Lipinski definition) is 1. The Balaban J connectivity index is 2.53. The largest absolute Gasteiger partial charge is 0.461 e. The van der Waals surface area contributed by atoms with E-state index in [1.807, 2.05) is 6.07 Å². The molecule has 0 unspecified atom stereocenters. The maximum atomic E-state index is 11.5. The summed E-state index contributed by atoms with van der Waals surface area (Å²) in [5.74, 6) is -0.544. The molecule has 0 bridgehead atoms. The fourth-order valence-electron chi connectivity index (χ4n) is 1.46. The average molecular weight is 318 g/mol. The van der Waals surface area contributed by atoms with Crippen LogP contribution in [-0.4, -0.2) is 33.8 Å². The molecule has 0 fully saturated rings. The Morgan fingerprint density at radius 3 is 2.65 bits per heavy atom. The van der Waals surface area contributed by atoms with Crippen molar-refractivity contribution >= 4 is 33.2 Å². The minimum absolute atomic E-state index is 0.0296. The molecule has 0 heterocycles. The first-order valence-corrected chi connectivity index (χ1v) is 8.11. The fourth-order valence-corrected chi connectivity index (χ4v) is 2.19. The molecule has 0 atom stereocenters. The summed E-state index contributed by atoms with van der Waals surface area (Å²) in [5.41, 5.74) is 1.43. The van der Waals surface area contributed by atoms with Gasteiger partial charge in [-0.1, -0.05) is 29.8 Å². The van der Waals surface area contributed by atoms with Crippen molar-refractivity contribution in [1.82, 2.24) is 4.72 Å². The second kappa shape index (κ2) is 7.42. The van der Waals surface area contributed by atoms with Crippen LogP contribution < -0.4 is 4.72 Å². The zero-order valence-electron chi connectivity index (χ0n) is 11.2. The third kappa shape index (κ3) is 6.18. The fraction of sp³-hybridized carbons (Fsp3) is 0.308. The Labute approximate surface area is 123 Å². The second-order valence-electron chi connectivity index (χ2n) is 4.14. The van der Waals surface area contributed by atoms with E-state index in [4.69, 9.17) is 16.3 Å². The number of ether oxygens (including phenoxy) is 1. The molecule has 0 aliphatic carbocycles. The summed E-state index contributed by atoms with van der Waals surface area (Å²) >= 11 is 6.01. The van der Waals surface area contributed by atoms with Crippen LogP contribution in [0.2, 0.25) is 5.02 Å². The quantitative estimate of drug-likeness (QED) is 0.493. The lowest BCUT2D eigenvalue weighted by Crippen LogP contribution is -2.26. The highest BCUT2D eigenvalue weighted by atomic mass is 35.5. The molecule has 110 valence electrons. The van der Waals surface area contributed by atoms with Gasteiger partial charge in [0.2, 0.25) is 10.0 Å². The molecule has 0 saturated heterocycles. The zero-order chi connectivity index (χ0) is 15.2. The van der Waals surface area contributed by atoms with E-state index in [1.54, 1.807) is 25.1 Å². The zero-order valence-corrected chi connectivity index (χ0v) is 12.8. The second-order valence-corrected chi connectivity index (χ2v) is 6.38. The predicted octanol–water partition coefficient (Wildman–Crippen LogP) is 1.84. The van der Waals surface area contributed by atoms with E-state index in [2.05, 4.69) is 4.72 Å². The molecular formula is C13H16ClNO4S. The van der Waals surface area contributed by atoms with Gasteiger partial charge in [-0.05, 0) is 24.1 Å². The van der Waals surface area contributed by atoms with Crippen LogP contribution in [0.15, 0.2) is 30.3 Å². The van der Waals surface area contributed by atoms with Gasteiger partial charge in [0.15, 0.2) is 0 Å². The van der Waals surface area contributed by atoms with Gasteiger partial charge in [-0.15, -0.1) is 0 Å². The van der Waals surface area contributed by atoms with Crippen molar-refractivity contribution in [3.63, 3.8) is 0 Å². The van der Waals surface area contributed by atoms with Crippen LogP contribution in [0.4, 0.5) is 0 Å². The molecule has 0 aromatic heterocycles. The summed E-state index contributed by atoms with van der Waals surface area (Å²) in [7, 11) is -3.27. The molecular weight excluding hydrogens is 302 g/mol. The molecule has 0 amide bonds. The summed E-state index contributed by atoms with van der Waals surface area (Å²) in [4.78, 5) is 11.5. The molecule has 0 spiro atoms. The molecule has 0 aliphatic heterocycles. The van der Waals surface area contributed by atoms with Crippen molar-refractivity contribution < 1.29 is 17.9 Å². The number of allylic oxidation sites excluding steroid dienone is 1. The van der Waals surface area contributed by atoms with Gasteiger partial charge in [0.05, 0.1) is 6.26 Å². The van der Waals surface area contributed by atoms with E-state index in [-0.39, 0.29) is 13.2 Å². The number of benzene rings is 1. The van der Waals surface area contributed by atoms with Gasteiger partial charge in [0.25, 0.3) is 0 Å². The van der Waals surface area contributed by atoms with Crippen LogP contribution in [0, 0.1) is 0 Å². The van der Waals surface area contributed by atoms with Crippen LogP contribution in [0.5, 0.6) is 0 Å². The molecule has 1 rings (SSSR count). The third-order valence-electron chi connectivity index (χ3n) is 2.34. The molecule has 0 aliphatic rings. The van der Waals surface area contributed by atoms with Crippen molar-refractivity contribution in [1.29, 1.82) is 0 Å². The summed E-state index contributed by atoms with van der Waals surface area (Å²) in [6.45, 7) is 1.76. The third-order valence-corrected chi connectivity index (χ3v) is 3.40. The lowest BCUT2D eigenvalue weighted by Gasteiger charge is -2.05. The normalized spacial score (nSPS) is 12.2. The molecule has 1 aromatic rings. The number of sulfonamides is 1. The Kier molecular flexibility index (Phi) is 6.19. The standard InChI is InChI=1S/C13H16ClNO4S/c1-10(11-5-3-4-6-12(11)14)9-13(16)19-8-7-15-20(2,17)18/h3-6,9,15H,7-8H2,1-2H3. The van der Waals surface area contributed by atoms with Gasteiger partial charge in [-0.3, -0.25) is 0 Å². The first kappa shape index (κ1) is 16.7. The number of halogens is 1. The topological polar surface area (TPSA) is 72.5 Å². The Hall–Kier alpha value is -1.37. The molecule has 7 heteroatoms.